The predicted molar refractivity (Wildman–Crippen MR) is 88.3 cm³/mol. The van der Waals surface area contributed by atoms with Crippen molar-refractivity contribution in [2.24, 2.45) is 0 Å². The zero-order valence-electron chi connectivity index (χ0n) is 12.8. The summed E-state index contributed by atoms with van der Waals surface area (Å²) in [4.78, 5) is 12.2. The Hall–Kier alpha value is -1.00. The molecule has 0 bridgehead atoms. The summed E-state index contributed by atoms with van der Waals surface area (Å²) in [6.45, 7) is 3.87. The SMILES string of the molecule is CCS[C@@H]1CC[C@H](NC(=O)C[C@](C)(O)c2ccccc2)C1. The third-order valence-corrected chi connectivity index (χ3v) is 5.29. The van der Waals surface area contributed by atoms with Gasteiger partial charge in [0.05, 0.1) is 12.0 Å². The summed E-state index contributed by atoms with van der Waals surface area (Å²) < 4.78 is 0. The minimum absolute atomic E-state index is 0.0593. The molecule has 4 heteroatoms. The van der Waals surface area contributed by atoms with Gasteiger partial charge >= 0.3 is 0 Å². The van der Waals surface area contributed by atoms with E-state index in [4.69, 9.17) is 0 Å². The number of aliphatic hydroxyl groups is 1. The van der Waals surface area contributed by atoms with E-state index in [9.17, 15) is 9.90 Å². The highest BCUT2D eigenvalue weighted by Gasteiger charge is 2.30. The quantitative estimate of drug-likeness (QED) is 0.849. The summed E-state index contributed by atoms with van der Waals surface area (Å²) in [7, 11) is 0. The second-order valence-electron chi connectivity index (χ2n) is 5.97. The first-order valence-corrected chi connectivity index (χ1v) is 8.75. The molecule has 1 aromatic rings. The number of benzene rings is 1. The molecule has 3 nitrogen and oxygen atoms in total. The van der Waals surface area contributed by atoms with Gasteiger partial charge in [-0.05, 0) is 37.5 Å². The van der Waals surface area contributed by atoms with Gasteiger partial charge < -0.3 is 10.4 Å². The van der Waals surface area contributed by atoms with Crippen LogP contribution in [0.2, 0.25) is 0 Å². The smallest absolute Gasteiger partial charge is 0.223 e. The van der Waals surface area contributed by atoms with Gasteiger partial charge in [0.15, 0.2) is 0 Å². The van der Waals surface area contributed by atoms with Crippen LogP contribution in [0, 0.1) is 0 Å². The highest BCUT2D eigenvalue weighted by Crippen LogP contribution is 2.30. The van der Waals surface area contributed by atoms with Crippen molar-refractivity contribution in [3.8, 4) is 0 Å². The van der Waals surface area contributed by atoms with E-state index in [1.165, 1.54) is 6.42 Å². The molecule has 1 saturated carbocycles. The van der Waals surface area contributed by atoms with Crippen molar-refractivity contribution in [1.29, 1.82) is 0 Å². The van der Waals surface area contributed by atoms with E-state index in [0.29, 0.717) is 5.25 Å². The maximum absolute atomic E-state index is 12.2. The van der Waals surface area contributed by atoms with E-state index in [0.717, 1.165) is 24.2 Å². The molecule has 0 saturated heterocycles. The highest BCUT2D eigenvalue weighted by atomic mass is 32.2. The van der Waals surface area contributed by atoms with Gasteiger partial charge in [0.1, 0.15) is 0 Å². The van der Waals surface area contributed by atoms with Gasteiger partial charge in [-0.25, -0.2) is 0 Å². The molecule has 1 aliphatic rings. The predicted octanol–water partition coefficient (Wildman–Crippen LogP) is 3.07. The lowest BCUT2D eigenvalue weighted by atomic mass is 9.92. The normalized spacial score (nSPS) is 24.5. The molecular weight excluding hydrogens is 282 g/mol. The Balaban J connectivity index is 1.85. The fourth-order valence-corrected chi connectivity index (χ4v) is 4.09. The molecule has 0 spiro atoms. The number of carbonyl (C=O) groups excluding carboxylic acids is 1. The molecule has 1 aliphatic carbocycles. The van der Waals surface area contributed by atoms with Crippen LogP contribution < -0.4 is 5.32 Å². The van der Waals surface area contributed by atoms with Gasteiger partial charge in [0.25, 0.3) is 0 Å². The number of amides is 1. The molecule has 0 unspecified atom stereocenters. The van der Waals surface area contributed by atoms with Crippen LogP contribution in [-0.2, 0) is 10.4 Å². The van der Waals surface area contributed by atoms with E-state index < -0.39 is 5.60 Å². The van der Waals surface area contributed by atoms with Gasteiger partial charge in [0.2, 0.25) is 5.91 Å². The van der Waals surface area contributed by atoms with Crippen molar-refractivity contribution < 1.29 is 9.90 Å². The Labute approximate surface area is 131 Å². The topological polar surface area (TPSA) is 49.3 Å². The van der Waals surface area contributed by atoms with Crippen LogP contribution in [0.3, 0.4) is 0 Å². The van der Waals surface area contributed by atoms with E-state index >= 15 is 0 Å². The molecule has 21 heavy (non-hydrogen) atoms. The average molecular weight is 307 g/mol. The van der Waals surface area contributed by atoms with Crippen molar-refractivity contribution >= 4 is 17.7 Å². The lowest BCUT2D eigenvalue weighted by Crippen LogP contribution is -2.37. The molecule has 0 heterocycles. The van der Waals surface area contributed by atoms with Crippen LogP contribution in [0.4, 0.5) is 0 Å². The molecule has 0 aliphatic heterocycles. The third kappa shape index (κ3) is 4.75. The van der Waals surface area contributed by atoms with Gasteiger partial charge in [-0.3, -0.25) is 4.79 Å². The number of hydrogen-bond donors (Lipinski definition) is 2. The molecular formula is C17H25NO2S. The monoisotopic (exact) mass is 307 g/mol. The zero-order chi connectivity index (χ0) is 15.3. The minimum Gasteiger partial charge on any atom is -0.385 e. The van der Waals surface area contributed by atoms with Crippen molar-refractivity contribution in [3.63, 3.8) is 0 Å². The number of hydrogen-bond acceptors (Lipinski definition) is 3. The summed E-state index contributed by atoms with van der Waals surface area (Å²) >= 11 is 1.98. The standard InChI is InChI=1S/C17H25NO2S/c1-3-21-15-10-9-14(11-15)18-16(19)12-17(2,20)13-7-5-4-6-8-13/h4-8,14-15,20H,3,9-12H2,1-2H3,(H,18,19)/t14-,15+,17-/m0/s1. The molecule has 0 aromatic heterocycles. The molecule has 116 valence electrons. The Kier molecular flexibility index (Phi) is 5.71. The summed E-state index contributed by atoms with van der Waals surface area (Å²) in [6.07, 6.45) is 3.40. The van der Waals surface area contributed by atoms with Crippen LogP contribution >= 0.6 is 11.8 Å². The summed E-state index contributed by atoms with van der Waals surface area (Å²) in [5.74, 6) is 1.07. The lowest BCUT2D eigenvalue weighted by molar-refractivity contribution is -0.126. The second-order valence-corrected chi connectivity index (χ2v) is 7.55. The maximum atomic E-state index is 12.2. The minimum atomic E-state index is -1.11. The first-order chi connectivity index (χ1) is 10.0. The summed E-state index contributed by atoms with van der Waals surface area (Å²) in [6, 6.07) is 9.65. The highest BCUT2D eigenvalue weighted by molar-refractivity contribution is 7.99. The van der Waals surface area contributed by atoms with Gasteiger partial charge in [-0.15, -0.1) is 0 Å². The molecule has 1 amide bonds. The fraction of sp³-hybridized carbons (Fsp3) is 0.588. The molecule has 1 fully saturated rings. The lowest BCUT2D eigenvalue weighted by Gasteiger charge is -2.24. The molecule has 2 rings (SSSR count). The Morgan fingerprint density at radius 3 is 2.76 bits per heavy atom. The van der Waals surface area contributed by atoms with Crippen LogP contribution in [0.1, 0.15) is 45.1 Å². The average Bonchev–Trinajstić information content (AvgIpc) is 2.87. The van der Waals surface area contributed by atoms with Crippen LogP contribution in [0.15, 0.2) is 30.3 Å². The van der Waals surface area contributed by atoms with Gasteiger partial charge in [-0.2, -0.15) is 11.8 Å². The zero-order valence-corrected chi connectivity index (χ0v) is 13.7. The number of rotatable bonds is 6. The number of nitrogens with one attached hydrogen (secondary N) is 1. The van der Waals surface area contributed by atoms with E-state index in [-0.39, 0.29) is 18.4 Å². The third-order valence-electron chi connectivity index (χ3n) is 4.05. The van der Waals surface area contributed by atoms with Gasteiger partial charge in [-0.1, -0.05) is 37.3 Å². The summed E-state index contributed by atoms with van der Waals surface area (Å²) in [5, 5.41) is 14.3. The van der Waals surface area contributed by atoms with Crippen molar-refractivity contribution in [1.82, 2.24) is 5.32 Å². The van der Waals surface area contributed by atoms with Crippen molar-refractivity contribution in [2.45, 2.75) is 56.4 Å². The van der Waals surface area contributed by atoms with Gasteiger partial charge in [0, 0.05) is 11.3 Å². The van der Waals surface area contributed by atoms with Crippen LogP contribution in [0.5, 0.6) is 0 Å². The first-order valence-electron chi connectivity index (χ1n) is 7.70. The molecule has 1 aromatic carbocycles. The molecule has 2 N–H and O–H groups in total. The van der Waals surface area contributed by atoms with Crippen molar-refractivity contribution in [2.75, 3.05) is 5.75 Å². The Morgan fingerprint density at radius 1 is 1.38 bits per heavy atom. The maximum Gasteiger partial charge on any atom is 0.223 e. The Bertz CT molecular complexity index is 461. The second kappa shape index (κ2) is 7.32. The van der Waals surface area contributed by atoms with Crippen LogP contribution in [-0.4, -0.2) is 28.1 Å². The van der Waals surface area contributed by atoms with E-state index in [1.54, 1.807) is 6.92 Å². The van der Waals surface area contributed by atoms with Crippen LogP contribution in [0.25, 0.3) is 0 Å². The fourth-order valence-electron chi connectivity index (χ4n) is 2.95. The summed E-state index contributed by atoms with van der Waals surface area (Å²) in [5.41, 5.74) is -0.326. The molecule has 0 radical (unpaired) electrons. The number of carbonyl (C=O) groups is 1. The molecule has 3 atom stereocenters. The van der Waals surface area contributed by atoms with E-state index in [1.807, 2.05) is 42.1 Å². The Morgan fingerprint density at radius 2 is 2.10 bits per heavy atom. The number of thioether (sulfide) groups is 1. The first kappa shape index (κ1) is 16.4. The van der Waals surface area contributed by atoms with E-state index in [2.05, 4.69) is 12.2 Å². The van der Waals surface area contributed by atoms with Crippen molar-refractivity contribution in [3.05, 3.63) is 35.9 Å². The largest absolute Gasteiger partial charge is 0.385 e.